The Hall–Kier alpha value is -2.53. The number of rotatable bonds is 4. The zero-order chi connectivity index (χ0) is 14.7. The van der Waals surface area contributed by atoms with Crippen molar-refractivity contribution in [3.8, 4) is 11.4 Å². The summed E-state index contributed by atoms with van der Waals surface area (Å²) in [5.74, 6) is 0.0481. The van der Waals surface area contributed by atoms with Crippen LogP contribution in [0.1, 0.15) is 17.3 Å². The Morgan fingerprint density at radius 2 is 2.05 bits per heavy atom. The van der Waals surface area contributed by atoms with E-state index >= 15 is 0 Å². The number of carbonyl (C=O) groups excluding carboxylic acids is 1. The number of aromatic nitrogens is 2. The first kappa shape index (κ1) is 13.5. The smallest absolute Gasteiger partial charge is 0.187 e. The number of Topliss-reactive ketones (excluding diaryl/α,β-unsaturated/α-hetero) is 1. The molecule has 21 heavy (non-hydrogen) atoms. The fourth-order valence-corrected chi connectivity index (χ4v) is 2.63. The summed E-state index contributed by atoms with van der Waals surface area (Å²) in [7, 11) is 0. The molecule has 0 saturated heterocycles. The average molecular weight is 295 g/mol. The van der Waals surface area contributed by atoms with Crippen molar-refractivity contribution in [2.24, 2.45) is 0 Å². The maximum atomic E-state index is 11.4. The van der Waals surface area contributed by atoms with E-state index in [0.29, 0.717) is 5.56 Å². The number of pyridine rings is 1. The van der Waals surface area contributed by atoms with Gasteiger partial charge in [-0.3, -0.25) is 9.78 Å². The predicted octanol–water partition coefficient (Wildman–Crippen LogP) is 4.15. The lowest BCUT2D eigenvalue weighted by Gasteiger charge is -2.03. The molecule has 1 aromatic carbocycles. The minimum atomic E-state index is 0.0481. The molecule has 0 radical (unpaired) electrons. The molecular weight excluding hydrogens is 282 g/mol. The summed E-state index contributed by atoms with van der Waals surface area (Å²) in [6.07, 6.45) is 1.75. The van der Waals surface area contributed by atoms with Crippen LogP contribution >= 0.6 is 11.3 Å². The third-order valence-corrected chi connectivity index (χ3v) is 3.71. The Morgan fingerprint density at radius 1 is 1.14 bits per heavy atom. The van der Waals surface area contributed by atoms with Crippen LogP contribution in [0.25, 0.3) is 11.4 Å². The Labute approximate surface area is 126 Å². The number of ketones is 1. The van der Waals surface area contributed by atoms with Crippen LogP contribution in [0.5, 0.6) is 0 Å². The van der Waals surface area contributed by atoms with Gasteiger partial charge in [0, 0.05) is 22.8 Å². The molecule has 3 rings (SSSR count). The van der Waals surface area contributed by atoms with E-state index in [1.807, 2.05) is 41.8 Å². The van der Waals surface area contributed by atoms with E-state index in [-0.39, 0.29) is 5.78 Å². The van der Waals surface area contributed by atoms with Crippen molar-refractivity contribution in [1.82, 2.24) is 9.97 Å². The highest BCUT2D eigenvalue weighted by Gasteiger charge is 2.06. The van der Waals surface area contributed by atoms with E-state index in [0.717, 1.165) is 22.2 Å². The molecule has 0 aliphatic carbocycles. The first-order chi connectivity index (χ1) is 10.2. The quantitative estimate of drug-likeness (QED) is 0.735. The summed E-state index contributed by atoms with van der Waals surface area (Å²) in [6, 6.07) is 13.1. The molecule has 0 aliphatic heterocycles. The van der Waals surface area contributed by atoms with Gasteiger partial charge in [-0.25, -0.2) is 4.98 Å². The fraction of sp³-hybridized carbons (Fsp3) is 0.0625. The first-order valence-electron chi connectivity index (χ1n) is 6.47. The predicted molar refractivity (Wildman–Crippen MR) is 85.1 cm³/mol. The van der Waals surface area contributed by atoms with Crippen LogP contribution in [0.15, 0.2) is 54.0 Å². The largest absolute Gasteiger partial charge is 0.332 e. The second-order valence-electron chi connectivity index (χ2n) is 4.51. The summed E-state index contributed by atoms with van der Waals surface area (Å²) >= 11 is 1.51. The van der Waals surface area contributed by atoms with Crippen molar-refractivity contribution in [2.45, 2.75) is 6.92 Å². The molecule has 2 aromatic heterocycles. The van der Waals surface area contributed by atoms with Crippen molar-refractivity contribution in [3.05, 3.63) is 59.6 Å². The van der Waals surface area contributed by atoms with Gasteiger partial charge in [0.1, 0.15) is 5.69 Å². The number of hydrogen-bond acceptors (Lipinski definition) is 5. The molecule has 0 saturated carbocycles. The summed E-state index contributed by atoms with van der Waals surface area (Å²) in [5, 5.41) is 5.95. The zero-order valence-corrected chi connectivity index (χ0v) is 12.2. The van der Waals surface area contributed by atoms with Crippen LogP contribution in [0, 0.1) is 0 Å². The fourth-order valence-electron chi connectivity index (χ4n) is 1.90. The Kier molecular flexibility index (Phi) is 3.75. The number of hydrogen-bond donors (Lipinski definition) is 1. The van der Waals surface area contributed by atoms with Gasteiger partial charge >= 0.3 is 0 Å². The third kappa shape index (κ3) is 3.14. The SMILES string of the molecule is CC(=O)c1cccc(Nc2nc(-c3ccccn3)cs2)c1. The molecule has 2 heterocycles. The highest BCUT2D eigenvalue weighted by Crippen LogP contribution is 2.26. The van der Waals surface area contributed by atoms with E-state index in [1.54, 1.807) is 19.2 Å². The van der Waals surface area contributed by atoms with Gasteiger partial charge < -0.3 is 5.32 Å². The lowest BCUT2D eigenvalue weighted by molar-refractivity contribution is 0.101. The van der Waals surface area contributed by atoms with Crippen LogP contribution in [0.4, 0.5) is 10.8 Å². The van der Waals surface area contributed by atoms with Crippen LogP contribution in [0.3, 0.4) is 0 Å². The number of anilines is 2. The average Bonchev–Trinajstić information content (AvgIpc) is 2.97. The summed E-state index contributed by atoms with van der Waals surface area (Å²) in [4.78, 5) is 20.2. The Balaban J connectivity index is 1.82. The second-order valence-corrected chi connectivity index (χ2v) is 5.37. The van der Waals surface area contributed by atoms with Crippen molar-refractivity contribution in [1.29, 1.82) is 0 Å². The molecule has 3 aromatic rings. The number of benzene rings is 1. The van der Waals surface area contributed by atoms with Gasteiger partial charge in [0.2, 0.25) is 0 Å². The molecule has 104 valence electrons. The van der Waals surface area contributed by atoms with E-state index in [1.165, 1.54) is 11.3 Å². The van der Waals surface area contributed by atoms with Crippen LogP contribution in [0.2, 0.25) is 0 Å². The van der Waals surface area contributed by atoms with Crippen LogP contribution in [-0.4, -0.2) is 15.8 Å². The van der Waals surface area contributed by atoms with Gasteiger partial charge in [0.05, 0.1) is 5.69 Å². The van der Waals surface area contributed by atoms with E-state index in [2.05, 4.69) is 15.3 Å². The molecule has 1 N–H and O–H groups in total. The van der Waals surface area contributed by atoms with Crippen molar-refractivity contribution in [3.63, 3.8) is 0 Å². The Bertz CT molecular complexity index is 768. The summed E-state index contributed by atoms with van der Waals surface area (Å²) in [5.41, 5.74) is 3.22. The maximum absolute atomic E-state index is 11.4. The number of nitrogens with one attached hydrogen (secondary N) is 1. The van der Waals surface area contributed by atoms with Gasteiger partial charge in [-0.05, 0) is 31.2 Å². The van der Waals surface area contributed by atoms with Crippen molar-refractivity contribution < 1.29 is 4.79 Å². The maximum Gasteiger partial charge on any atom is 0.187 e. The molecule has 0 aliphatic rings. The molecular formula is C16H13N3OS. The lowest BCUT2D eigenvalue weighted by Crippen LogP contribution is -1.95. The van der Waals surface area contributed by atoms with E-state index in [9.17, 15) is 4.79 Å². The van der Waals surface area contributed by atoms with E-state index < -0.39 is 0 Å². The molecule has 0 bridgehead atoms. The molecule has 5 heteroatoms. The van der Waals surface area contributed by atoms with Gasteiger partial charge in [-0.15, -0.1) is 11.3 Å². The topological polar surface area (TPSA) is 54.9 Å². The van der Waals surface area contributed by atoms with Crippen LogP contribution in [-0.2, 0) is 0 Å². The second kappa shape index (κ2) is 5.85. The lowest BCUT2D eigenvalue weighted by atomic mass is 10.1. The van der Waals surface area contributed by atoms with Gasteiger partial charge in [0.25, 0.3) is 0 Å². The summed E-state index contributed by atoms with van der Waals surface area (Å²) < 4.78 is 0. The Morgan fingerprint density at radius 3 is 2.81 bits per heavy atom. The summed E-state index contributed by atoms with van der Waals surface area (Å²) in [6.45, 7) is 1.56. The van der Waals surface area contributed by atoms with Crippen molar-refractivity contribution >= 4 is 27.9 Å². The monoisotopic (exact) mass is 295 g/mol. The number of thiazole rings is 1. The molecule has 0 amide bonds. The molecule has 0 unspecified atom stereocenters. The number of nitrogens with zero attached hydrogens (tertiary/aromatic N) is 2. The van der Waals surface area contributed by atoms with Gasteiger partial charge in [-0.1, -0.05) is 18.2 Å². The zero-order valence-electron chi connectivity index (χ0n) is 11.4. The van der Waals surface area contributed by atoms with E-state index in [4.69, 9.17) is 0 Å². The highest BCUT2D eigenvalue weighted by molar-refractivity contribution is 7.14. The van der Waals surface area contributed by atoms with Gasteiger partial charge in [0.15, 0.2) is 10.9 Å². The van der Waals surface area contributed by atoms with Gasteiger partial charge in [-0.2, -0.15) is 0 Å². The van der Waals surface area contributed by atoms with Crippen LogP contribution < -0.4 is 5.32 Å². The highest BCUT2D eigenvalue weighted by atomic mass is 32.1. The number of carbonyl (C=O) groups is 1. The molecule has 0 spiro atoms. The third-order valence-electron chi connectivity index (χ3n) is 2.95. The molecule has 0 atom stereocenters. The normalized spacial score (nSPS) is 10.3. The molecule has 0 fully saturated rings. The first-order valence-corrected chi connectivity index (χ1v) is 7.35. The minimum absolute atomic E-state index is 0.0481. The standard InChI is InChI=1S/C16H13N3OS/c1-11(20)12-5-4-6-13(9-12)18-16-19-15(10-21-16)14-7-2-3-8-17-14/h2-10H,1H3,(H,18,19). The molecule has 4 nitrogen and oxygen atoms in total. The minimum Gasteiger partial charge on any atom is -0.332 e. The van der Waals surface area contributed by atoms with Crippen molar-refractivity contribution in [2.75, 3.05) is 5.32 Å².